The predicted octanol–water partition coefficient (Wildman–Crippen LogP) is 1.95. The lowest BCUT2D eigenvalue weighted by Gasteiger charge is -2.33. The highest BCUT2D eigenvalue weighted by atomic mass is 16.5. The van der Waals surface area contributed by atoms with Gasteiger partial charge in [-0.25, -0.2) is 9.97 Å². The zero-order chi connectivity index (χ0) is 18.4. The minimum absolute atomic E-state index is 0.0255. The lowest BCUT2D eigenvalue weighted by atomic mass is 10.1. The van der Waals surface area contributed by atoms with Crippen LogP contribution in [-0.4, -0.2) is 45.3 Å². The third kappa shape index (κ3) is 2.87. The molecule has 1 fully saturated rings. The summed E-state index contributed by atoms with van der Waals surface area (Å²) in [5.74, 6) is 1.73. The number of hydrogen-bond acceptors (Lipinski definition) is 6. The highest BCUT2D eigenvalue weighted by Gasteiger charge is 2.26. The molecule has 3 aromatic rings. The van der Waals surface area contributed by atoms with Crippen LogP contribution in [-0.2, 0) is 6.54 Å². The van der Waals surface area contributed by atoms with Gasteiger partial charge in [0.2, 0.25) is 0 Å². The highest BCUT2D eigenvalue weighted by Crippen LogP contribution is 2.27. The summed E-state index contributed by atoms with van der Waals surface area (Å²) in [7, 11) is 0. The first-order valence-electron chi connectivity index (χ1n) is 9.17. The fourth-order valence-electron chi connectivity index (χ4n) is 3.81. The number of aryl methyl sites for hydroxylation is 1. The number of carbonyl (C=O) groups excluding carboxylic acids is 1. The van der Waals surface area contributed by atoms with Gasteiger partial charge in [0.1, 0.15) is 17.7 Å². The van der Waals surface area contributed by atoms with Crippen LogP contribution in [0.3, 0.4) is 0 Å². The van der Waals surface area contributed by atoms with E-state index in [0.717, 1.165) is 59.8 Å². The number of rotatable bonds is 3. The van der Waals surface area contributed by atoms with Crippen LogP contribution < -0.4 is 15.0 Å². The van der Waals surface area contributed by atoms with E-state index < -0.39 is 0 Å². The number of amides is 1. The second-order valence-corrected chi connectivity index (χ2v) is 7.09. The lowest BCUT2D eigenvalue weighted by Crippen LogP contribution is -2.39. The molecule has 1 amide bonds. The van der Waals surface area contributed by atoms with Crippen molar-refractivity contribution in [3.63, 3.8) is 0 Å². The Morgan fingerprint density at radius 2 is 2.07 bits per heavy atom. The number of nitrogens with zero attached hydrogens (tertiary/aromatic N) is 4. The van der Waals surface area contributed by atoms with Gasteiger partial charge in [0, 0.05) is 31.3 Å². The number of ether oxygens (including phenoxy) is 1. The van der Waals surface area contributed by atoms with E-state index in [2.05, 4.69) is 25.4 Å². The zero-order valence-corrected chi connectivity index (χ0v) is 15.0. The minimum Gasteiger partial charge on any atom is -0.489 e. The molecule has 5 rings (SSSR count). The van der Waals surface area contributed by atoms with E-state index in [0.29, 0.717) is 12.1 Å². The van der Waals surface area contributed by atoms with Gasteiger partial charge in [0.15, 0.2) is 5.65 Å². The molecule has 0 radical (unpaired) electrons. The number of anilines is 1. The summed E-state index contributed by atoms with van der Waals surface area (Å²) in [6.07, 6.45) is 5.48. The Balaban J connectivity index is 1.27. The molecule has 138 valence electrons. The van der Waals surface area contributed by atoms with Crippen LogP contribution in [0.25, 0.3) is 11.0 Å². The number of fused-ring (bicyclic) bond motifs is 2. The Kier molecular flexibility index (Phi) is 3.70. The van der Waals surface area contributed by atoms with E-state index in [1.807, 2.05) is 19.1 Å². The molecule has 0 saturated carbocycles. The van der Waals surface area contributed by atoms with Crippen LogP contribution in [0.1, 0.15) is 34.5 Å². The molecule has 0 aliphatic carbocycles. The number of piperidine rings is 1. The van der Waals surface area contributed by atoms with Gasteiger partial charge in [0.25, 0.3) is 5.91 Å². The third-order valence-electron chi connectivity index (χ3n) is 5.24. The Hall–Kier alpha value is -3.16. The van der Waals surface area contributed by atoms with Gasteiger partial charge < -0.3 is 15.0 Å². The number of aromatic nitrogens is 4. The third-order valence-corrected chi connectivity index (χ3v) is 5.24. The molecule has 8 nitrogen and oxygen atoms in total. The van der Waals surface area contributed by atoms with Gasteiger partial charge in [-0.15, -0.1) is 0 Å². The summed E-state index contributed by atoms with van der Waals surface area (Å²) in [6, 6.07) is 3.92. The van der Waals surface area contributed by atoms with E-state index in [1.54, 1.807) is 12.4 Å². The maximum Gasteiger partial charge on any atom is 0.253 e. The molecule has 0 aromatic carbocycles. The molecule has 5 heterocycles. The van der Waals surface area contributed by atoms with E-state index in [9.17, 15) is 4.79 Å². The molecule has 0 spiro atoms. The summed E-state index contributed by atoms with van der Waals surface area (Å²) in [4.78, 5) is 23.2. The first kappa shape index (κ1) is 16.0. The first-order valence-corrected chi connectivity index (χ1v) is 9.17. The van der Waals surface area contributed by atoms with Crippen molar-refractivity contribution in [3.05, 3.63) is 41.3 Å². The average molecular weight is 364 g/mol. The van der Waals surface area contributed by atoms with Crippen LogP contribution in [0.2, 0.25) is 0 Å². The summed E-state index contributed by atoms with van der Waals surface area (Å²) in [5, 5.41) is 10.6. The maximum atomic E-state index is 11.8. The molecule has 27 heavy (non-hydrogen) atoms. The smallest absolute Gasteiger partial charge is 0.253 e. The molecule has 1 saturated heterocycles. The van der Waals surface area contributed by atoms with Gasteiger partial charge >= 0.3 is 0 Å². The molecule has 2 aliphatic heterocycles. The van der Waals surface area contributed by atoms with Crippen molar-refractivity contribution in [1.82, 2.24) is 25.5 Å². The Morgan fingerprint density at radius 3 is 2.93 bits per heavy atom. The molecule has 3 aromatic heterocycles. The van der Waals surface area contributed by atoms with E-state index >= 15 is 0 Å². The summed E-state index contributed by atoms with van der Waals surface area (Å²) in [6.45, 7) is 4.28. The number of aromatic amines is 1. The van der Waals surface area contributed by atoms with E-state index in [4.69, 9.17) is 9.72 Å². The molecule has 2 N–H and O–H groups in total. The Morgan fingerprint density at radius 1 is 1.22 bits per heavy atom. The fraction of sp³-hybridized carbons (Fsp3) is 0.368. The number of hydrogen-bond donors (Lipinski definition) is 2. The van der Waals surface area contributed by atoms with Crippen molar-refractivity contribution >= 4 is 22.8 Å². The number of pyridine rings is 2. The van der Waals surface area contributed by atoms with Crippen LogP contribution in [0.4, 0.5) is 5.82 Å². The van der Waals surface area contributed by atoms with Crippen molar-refractivity contribution in [1.29, 1.82) is 0 Å². The normalized spacial score (nSPS) is 17.2. The molecule has 0 unspecified atom stereocenters. The van der Waals surface area contributed by atoms with Gasteiger partial charge in [-0.1, -0.05) is 0 Å². The summed E-state index contributed by atoms with van der Waals surface area (Å²) >= 11 is 0. The molecule has 0 bridgehead atoms. The molecule has 8 heteroatoms. The average Bonchev–Trinajstić information content (AvgIpc) is 3.28. The van der Waals surface area contributed by atoms with Crippen molar-refractivity contribution < 1.29 is 9.53 Å². The Labute approximate surface area is 155 Å². The van der Waals surface area contributed by atoms with Crippen molar-refractivity contribution in [2.45, 2.75) is 32.4 Å². The number of H-pyrrole nitrogens is 1. The monoisotopic (exact) mass is 364 g/mol. The highest BCUT2D eigenvalue weighted by molar-refractivity contribution is 5.98. The lowest BCUT2D eigenvalue weighted by molar-refractivity contribution is 0.0965. The second-order valence-electron chi connectivity index (χ2n) is 7.09. The first-order chi connectivity index (χ1) is 13.2. The molecule has 0 atom stereocenters. The van der Waals surface area contributed by atoms with Crippen molar-refractivity contribution in [2.24, 2.45) is 0 Å². The Bertz CT molecular complexity index is 1020. The molecular weight excluding hydrogens is 344 g/mol. The largest absolute Gasteiger partial charge is 0.489 e. The number of carbonyl (C=O) groups is 1. The maximum absolute atomic E-state index is 11.8. The number of nitrogens with one attached hydrogen (secondary N) is 2. The van der Waals surface area contributed by atoms with Crippen molar-refractivity contribution in [2.75, 3.05) is 18.0 Å². The van der Waals surface area contributed by atoms with Crippen LogP contribution in [0.5, 0.6) is 5.75 Å². The fourth-order valence-corrected chi connectivity index (χ4v) is 3.81. The molecule has 2 aliphatic rings. The van der Waals surface area contributed by atoms with Crippen molar-refractivity contribution in [3.8, 4) is 5.75 Å². The van der Waals surface area contributed by atoms with Crippen LogP contribution >= 0.6 is 0 Å². The zero-order valence-electron chi connectivity index (χ0n) is 15.0. The topological polar surface area (TPSA) is 96.0 Å². The standard InChI is InChI=1S/C19H20N6O2/c1-11-6-15-16(10-21-19(15)26)23-18(11)25-4-2-13(3-5-25)27-14-7-12-8-22-24-17(12)20-9-14/h6-9,13H,2-5,10H2,1H3,(H,21,26)(H,20,22,24). The second kappa shape index (κ2) is 6.22. The SMILES string of the molecule is Cc1cc2c(nc1N1CCC(Oc3cnc4[nH]ncc4c3)CC1)CNC2=O. The van der Waals surface area contributed by atoms with Crippen LogP contribution in [0.15, 0.2) is 24.5 Å². The predicted molar refractivity (Wildman–Crippen MR) is 99.9 cm³/mol. The minimum atomic E-state index is -0.0255. The summed E-state index contributed by atoms with van der Waals surface area (Å²) < 4.78 is 6.13. The van der Waals surface area contributed by atoms with Crippen LogP contribution in [0, 0.1) is 6.92 Å². The van der Waals surface area contributed by atoms with Gasteiger partial charge in [-0.3, -0.25) is 9.89 Å². The van der Waals surface area contributed by atoms with E-state index in [1.165, 1.54) is 0 Å². The van der Waals surface area contributed by atoms with E-state index in [-0.39, 0.29) is 12.0 Å². The van der Waals surface area contributed by atoms with Gasteiger partial charge in [-0.2, -0.15) is 5.10 Å². The summed E-state index contributed by atoms with van der Waals surface area (Å²) in [5.41, 5.74) is 3.36. The molecular formula is C19H20N6O2. The van der Waals surface area contributed by atoms with Gasteiger partial charge in [0.05, 0.1) is 30.2 Å². The van der Waals surface area contributed by atoms with Gasteiger partial charge in [-0.05, 0) is 24.6 Å². The quantitative estimate of drug-likeness (QED) is 0.737.